The Morgan fingerprint density at radius 3 is 2.70 bits per heavy atom. The van der Waals surface area contributed by atoms with Crippen molar-refractivity contribution in [2.45, 2.75) is 25.8 Å². The van der Waals surface area contributed by atoms with E-state index in [9.17, 15) is 9.59 Å². The van der Waals surface area contributed by atoms with Gasteiger partial charge in [-0.3, -0.25) is 9.59 Å². The molecular weight excluding hydrogens is 276 g/mol. The highest BCUT2D eigenvalue weighted by atomic mass is 35.5. The largest absolute Gasteiger partial charge is 0.329 e. The molecule has 0 unspecified atom stereocenters. The van der Waals surface area contributed by atoms with Crippen LogP contribution in [-0.4, -0.2) is 35.8 Å². The summed E-state index contributed by atoms with van der Waals surface area (Å²) in [5.74, 6) is 0.257. The van der Waals surface area contributed by atoms with Crippen LogP contribution in [0, 0.1) is 5.92 Å². The lowest BCUT2D eigenvalue weighted by atomic mass is 10.1. The van der Waals surface area contributed by atoms with Gasteiger partial charge in [0.05, 0.1) is 0 Å². The van der Waals surface area contributed by atoms with Crippen molar-refractivity contribution >= 4 is 29.1 Å². The Morgan fingerprint density at radius 2 is 2.05 bits per heavy atom. The first-order valence-corrected chi connectivity index (χ1v) is 7.33. The summed E-state index contributed by atoms with van der Waals surface area (Å²) in [4.78, 5) is 28.1. The first kappa shape index (κ1) is 13.4. The van der Waals surface area contributed by atoms with Gasteiger partial charge in [0, 0.05) is 29.7 Å². The molecule has 106 valence electrons. The van der Waals surface area contributed by atoms with Gasteiger partial charge in [0.2, 0.25) is 11.8 Å². The maximum atomic E-state index is 12.5. The van der Waals surface area contributed by atoms with Crippen molar-refractivity contribution in [3.63, 3.8) is 0 Å². The van der Waals surface area contributed by atoms with E-state index in [4.69, 9.17) is 11.6 Å². The minimum atomic E-state index is -0.393. The van der Waals surface area contributed by atoms with Crippen LogP contribution in [0.2, 0.25) is 5.02 Å². The van der Waals surface area contributed by atoms with Crippen LogP contribution in [0.3, 0.4) is 0 Å². The molecule has 0 radical (unpaired) electrons. The fraction of sp³-hybridized carbons (Fsp3) is 0.467. The van der Waals surface area contributed by atoms with E-state index >= 15 is 0 Å². The normalized spacial score (nSPS) is 23.1. The average molecular weight is 293 g/mol. The van der Waals surface area contributed by atoms with E-state index < -0.39 is 6.04 Å². The topological polar surface area (TPSA) is 40.6 Å². The maximum Gasteiger partial charge on any atom is 0.249 e. The highest BCUT2D eigenvalue weighted by Crippen LogP contribution is 2.33. The summed E-state index contributed by atoms with van der Waals surface area (Å²) in [6.07, 6.45) is 1.93. The molecule has 1 aromatic rings. The molecule has 0 N–H and O–H groups in total. The predicted octanol–water partition coefficient (Wildman–Crippen LogP) is 2.31. The molecule has 4 nitrogen and oxygen atoms in total. The third kappa shape index (κ3) is 2.40. The molecule has 1 saturated carbocycles. The number of anilines is 1. The number of hydrogen-bond donors (Lipinski definition) is 0. The van der Waals surface area contributed by atoms with Gasteiger partial charge in [-0.25, -0.2) is 0 Å². The Hall–Kier alpha value is -1.55. The molecule has 2 fully saturated rings. The molecule has 5 heteroatoms. The molecule has 0 bridgehead atoms. The molecular formula is C15H17ClN2O2. The van der Waals surface area contributed by atoms with E-state index in [-0.39, 0.29) is 17.7 Å². The monoisotopic (exact) mass is 292 g/mol. The molecule has 3 rings (SSSR count). The summed E-state index contributed by atoms with van der Waals surface area (Å²) in [6, 6.07) is 6.87. The van der Waals surface area contributed by atoms with Crippen LogP contribution in [0.1, 0.15) is 19.8 Å². The highest BCUT2D eigenvalue weighted by molar-refractivity contribution is 6.30. The molecule has 1 aromatic carbocycles. The Kier molecular flexibility index (Phi) is 3.42. The summed E-state index contributed by atoms with van der Waals surface area (Å²) < 4.78 is 0. The van der Waals surface area contributed by atoms with E-state index in [1.165, 1.54) is 0 Å². The number of benzene rings is 1. The lowest BCUT2D eigenvalue weighted by molar-refractivity contribution is -0.141. The van der Waals surface area contributed by atoms with Gasteiger partial charge in [0.1, 0.15) is 6.04 Å². The van der Waals surface area contributed by atoms with Crippen molar-refractivity contribution in [2.75, 3.05) is 18.0 Å². The lowest BCUT2D eigenvalue weighted by Crippen LogP contribution is -2.58. The van der Waals surface area contributed by atoms with Gasteiger partial charge >= 0.3 is 0 Å². The molecule has 2 amide bonds. The number of rotatable bonds is 2. The van der Waals surface area contributed by atoms with E-state index in [1.807, 2.05) is 12.1 Å². The Balaban J connectivity index is 1.78. The second-order valence-corrected chi connectivity index (χ2v) is 5.89. The SMILES string of the molecule is C[C@H]1C(=O)N(c2cccc(Cl)c2)CCN1C(=O)C1CC1. The predicted molar refractivity (Wildman–Crippen MR) is 77.7 cm³/mol. The van der Waals surface area contributed by atoms with Crippen LogP contribution in [0.15, 0.2) is 24.3 Å². The zero-order valence-electron chi connectivity index (χ0n) is 11.4. The third-order valence-corrected chi connectivity index (χ3v) is 4.22. The van der Waals surface area contributed by atoms with Gasteiger partial charge in [0.25, 0.3) is 0 Å². The van der Waals surface area contributed by atoms with Crippen LogP contribution < -0.4 is 4.90 Å². The minimum Gasteiger partial charge on any atom is -0.329 e. The summed E-state index contributed by atoms with van der Waals surface area (Å²) in [6.45, 7) is 2.93. The van der Waals surface area contributed by atoms with Crippen molar-refractivity contribution in [2.24, 2.45) is 5.92 Å². The number of amides is 2. The van der Waals surface area contributed by atoms with Gasteiger partial charge in [0.15, 0.2) is 0 Å². The zero-order chi connectivity index (χ0) is 14.3. The van der Waals surface area contributed by atoms with Crippen molar-refractivity contribution in [3.8, 4) is 0 Å². The number of piperazine rings is 1. The van der Waals surface area contributed by atoms with Crippen molar-refractivity contribution in [1.29, 1.82) is 0 Å². The molecule has 1 aliphatic heterocycles. The third-order valence-electron chi connectivity index (χ3n) is 3.98. The number of halogens is 1. The molecule has 0 aromatic heterocycles. The van der Waals surface area contributed by atoms with Crippen LogP contribution in [0.4, 0.5) is 5.69 Å². The standard InChI is InChI=1S/C15H17ClN2O2/c1-10-14(19)18(13-4-2-3-12(16)9-13)8-7-17(10)15(20)11-5-6-11/h2-4,9-11H,5-8H2,1H3/t10-/m0/s1. The van der Waals surface area contributed by atoms with E-state index in [1.54, 1.807) is 28.9 Å². The number of carbonyl (C=O) groups is 2. The molecule has 2 aliphatic rings. The number of carbonyl (C=O) groups excluding carboxylic acids is 2. The first-order valence-electron chi connectivity index (χ1n) is 6.95. The van der Waals surface area contributed by atoms with E-state index in [2.05, 4.69) is 0 Å². The van der Waals surface area contributed by atoms with Gasteiger partial charge < -0.3 is 9.80 Å². The number of nitrogens with zero attached hydrogens (tertiary/aromatic N) is 2. The fourth-order valence-electron chi connectivity index (χ4n) is 2.64. The molecule has 0 spiro atoms. The highest BCUT2D eigenvalue weighted by Gasteiger charge is 2.40. The van der Waals surface area contributed by atoms with Crippen LogP contribution >= 0.6 is 11.6 Å². The smallest absolute Gasteiger partial charge is 0.249 e. The van der Waals surface area contributed by atoms with Crippen molar-refractivity contribution in [3.05, 3.63) is 29.3 Å². The summed E-state index contributed by atoms with van der Waals surface area (Å²) in [7, 11) is 0. The summed E-state index contributed by atoms with van der Waals surface area (Å²) in [5.41, 5.74) is 0.799. The fourth-order valence-corrected chi connectivity index (χ4v) is 2.82. The Bertz CT molecular complexity index is 557. The summed E-state index contributed by atoms with van der Waals surface area (Å²) >= 11 is 5.97. The van der Waals surface area contributed by atoms with Crippen LogP contribution in [-0.2, 0) is 9.59 Å². The first-order chi connectivity index (χ1) is 9.58. The van der Waals surface area contributed by atoms with Gasteiger partial charge in [-0.2, -0.15) is 0 Å². The summed E-state index contributed by atoms with van der Waals surface area (Å²) in [5, 5.41) is 0.611. The van der Waals surface area contributed by atoms with E-state index in [0.29, 0.717) is 18.1 Å². The van der Waals surface area contributed by atoms with Crippen molar-refractivity contribution < 1.29 is 9.59 Å². The Morgan fingerprint density at radius 1 is 1.30 bits per heavy atom. The zero-order valence-corrected chi connectivity index (χ0v) is 12.1. The molecule has 1 aliphatic carbocycles. The quantitative estimate of drug-likeness (QED) is 0.839. The lowest BCUT2D eigenvalue weighted by Gasteiger charge is -2.39. The van der Waals surface area contributed by atoms with Crippen LogP contribution in [0.25, 0.3) is 0 Å². The van der Waals surface area contributed by atoms with Crippen LogP contribution in [0.5, 0.6) is 0 Å². The molecule has 1 saturated heterocycles. The minimum absolute atomic E-state index is 0.0347. The van der Waals surface area contributed by atoms with Gasteiger partial charge in [-0.15, -0.1) is 0 Å². The second kappa shape index (κ2) is 5.09. The second-order valence-electron chi connectivity index (χ2n) is 5.45. The average Bonchev–Trinajstić information content (AvgIpc) is 3.25. The van der Waals surface area contributed by atoms with E-state index in [0.717, 1.165) is 18.5 Å². The van der Waals surface area contributed by atoms with Crippen molar-refractivity contribution in [1.82, 2.24) is 4.90 Å². The van der Waals surface area contributed by atoms with Gasteiger partial charge in [-0.05, 0) is 38.0 Å². The number of hydrogen-bond acceptors (Lipinski definition) is 2. The van der Waals surface area contributed by atoms with Gasteiger partial charge in [-0.1, -0.05) is 17.7 Å². The maximum absolute atomic E-state index is 12.5. The Labute approximate surface area is 123 Å². The molecule has 1 atom stereocenters. The molecule has 1 heterocycles. The molecule has 20 heavy (non-hydrogen) atoms.